The predicted molar refractivity (Wildman–Crippen MR) is 101 cm³/mol. The minimum Gasteiger partial charge on any atom is -0.419 e. The summed E-state index contributed by atoms with van der Waals surface area (Å²) in [7, 11) is -3.46. The topological polar surface area (TPSA) is 90.4 Å². The Morgan fingerprint density at radius 1 is 0.963 bits per heavy atom. The van der Waals surface area contributed by atoms with Gasteiger partial charge >= 0.3 is 0 Å². The standard InChI is InChI=1S/C19H22N4O3S/c20-14-17-19(22-10-4-5-11-22)26-18(21-17)15-6-8-16(9-7-15)27(24,25)23-12-2-1-3-13-23/h6-9H,1-5,10-13H2. The van der Waals surface area contributed by atoms with Gasteiger partial charge in [-0.05, 0) is 49.9 Å². The highest BCUT2D eigenvalue weighted by Gasteiger charge is 2.26. The molecule has 1 aromatic carbocycles. The number of anilines is 1. The quantitative estimate of drug-likeness (QED) is 0.802. The van der Waals surface area contributed by atoms with Crippen molar-refractivity contribution in [3.05, 3.63) is 30.0 Å². The molecule has 0 N–H and O–H groups in total. The van der Waals surface area contributed by atoms with Crippen LogP contribution in [-0.2, 0) is 10.0 Å². The molecule has 2 saturated heterocycles. The van der Waals surface area contributed by atoms with E-state index >= 15 is 0 Å². The molecule has 27 heavy (non-hydrogen) atoms. The first-order chi connectivity index (χ1) is 13.1. The van der Waals surface area contributed by atoms with Crippen LogP contribution in [0.4, 0.5) is 5.88 Å². The molecule has 0 amide bonds. The average molecular weight is 386 g/mol. The predicted octanol–water partition coefficient (Wildman–Crippen LogP) is 2.99. The van der Waals surface area contributed by atoms with Crippen molar-refractivity contribution in [2.75, 3.05) is 31.1 Å². The molecule has 0 atom stereocenters. The highest BCUT2D eigenvalue weighted by molar-refractivity contribution is 7.89. The van der Waals surface area contributed by atoms with Gasteiger partial charge in [0.1, 0.15) is 6.07 Å². The Morgan fingerprint density at radius 2 is 1.59 bits per heavy atom. The summed E-state index contributed by atoms with van der Waals surface area (Å²) in [6.45, 7) is 2.87. The molecular formula is C19H22N4O3S. The third-order valence-electron chi connectivity index (χ3n) is 5.16. The first kappa shape index (κ1) is 18.0. The van der Waals surface area contributed by atoms with Gasteiger partial charge < -0.3 is 9.32 Å². The number of hydrogen-bond acceptors (Lipinski definition) is 6. The molecule has 2 aliphatic rings. The fourth-order valence-corrected chi connectivity index (χ4v) is 5.18. The summed E-state index contributed by atoms with van der Waals surface area (Å²) in [5.41, 5.74) is 0.937. The largest absolute Gasteiger partial charge is 0.419 e. The highest BCUT2D eigenvalue weighted by atomic mass is 32.2. The van der Waals surface area contributed by atoms with Crippen LogP contribution >= 0.6 is 0 Å². The molecule has 0 spiro atoms. The van der Waals surface area contributed by atoms with E-state index in [1.54, 1.807) is 28.6 Å². The molecule has 7 nitrogen and oxygen atoms in total. The zero-order valence-electron chi connectivity index (χ0n) is 15.1. The zero-order chi connectivity index (χ0) is 18.9. The summed E-state index contributed by atoms with van der Waals surface area (Å²) in [5, 5.41) is 9.35. The normalized spacial score (nSPS) is 18.6. The number of nitrogens with zero attached hydrogens (tertiary/aromatic N) is 4. The van der Waals surface area contributed by atoms with E-state index < -0.39 is 10.0 Å². The molecular weight excluding hydrogens is 364 g/mol. The Hall–Kier alpha value is -2.37. The first-order valence-corrected chi connectivity index (χ1v) is 10.8. The number of sulfonamides is 1. The number of nitriles is 1. The van der Waals surface area contributed by atoms with Gasteiger partial charge in [-0.15, -0.1) is 0 Å². The van der Waals surface area contributed by atoms with Gasteiger partial charge in [0.25, 0.3) is 0 Å². The van der Waals surface area contributed by atoms with Crippen molar-refractivity contribution in [1.29, 1.82) is 5.26 Å². The van der Waals surface area contributed by atoms with E-state index in [0.717, 1.165) is 45.2 Å². The van der Waals surface area contributed by atoms with Gasteiger partial charge in [0.05, 0.1) is 4.90 Å². The number of aromatic nitrogens is 1. The molecule has 0 bridgehead atoms. The highest BCUT2D eigenvalue weighted by Crippen LogP contribution is 2.31. The van der Waals surface area contributed by atoms with E-state index in [9.17, 15) is 13.7 Å². The molecule has 0 radical (unpaired) electrons. The van der Waals surface area contributed by atoms with Crippen LogP contribution in [0.5, 0.6) is 0 Å². The summed E-state index contributed by atoms with van der Waals surface area (Å²) < 4.78 is 32.9. The third kappa shape index (κ3) is 3.45. The lowest BCUT2D eigenvalue weighted by Crippen LogP contribution is -2.35. The minimum absolute atomic E-state index is 0.275. The summed E-state index contributed by atoms with van der Waals surface area (Å²) in [6, 6.07) is 8.65. The Morgan fingerprint density at radius 3 is 2.22 bits per heavy atom. The summed E-state index contributed by atoms with van der Waals surface area (Å²) in [6.07, 6.45) is 5.04. The molecule has 1 aromatic heterocycles. The maximum Gasteiger partial charge on any atom is 0.243 e. The van der Waals surface area contributed by atoms with E-state index in [0.29, 0.717) is 30.4 Å². The van der Waals surface area contributed by atoms with Gasteiger partial charge in [0, 0.05) is 31.7 Å². The molecule has 2 fully saturated rings. The van der Waals surface area contributed by atoms with E-state index in [4.69, 9.17) is 4.42 Å². The van der Waals surface area contributed by atoms with Crippen LogP contribution in [-0.4, -0.2) is 43.9 Å². The summed E-state index contributed by atoms with van der Waals surface area (Å²) in [4.78, 5) is 6.61. The van der Waals surface area contributed by atoms with Gasteiger partial charge in [-0.25, -0.2) is 8.42 Å². The van der Waals surface area contributed by atoms with E-state index in [1.807, 2.05) is 4.90 Å². The first-order valence-electron chi connectivity index (χ1n) is 9.36. The van der Waals surface area contributed by atoms with Crippen LogP contribution in [0.1, 0.15) is 37.8 Å². The Kier molecular flexibility index (Phi) is 4.89. The molecule has 0 aliphatic carbocycles. The monoisotopic (exact) mass is 386 g/mol. The van der Waals surface area contributed by atoms with Crippen LogP contribution < -0.4 is 4.90 Å². The lowest BCUT2D eigenvalue weighted by atomic mass is 10.2. The lowest BCUT2D eigenvalue weighted by molar-refractivity contribution is 0.346. The summed E-state index contributed by atoms with van der Waals surface area (Å²) in [5.74, 6) is 0.852. The lowest BCUT2D eigenvalue weighted by Gasteiger charge is -2.25. The molecule has 8 heteroatoms. The maximum atomic E-state index is 12.8. The van der Waals surface area contributed by atoms with Crippen LogP contribution in [0.25, 0.3) is 11.5 Å². The number of rotatable bonds is 4. The Labute approximate surface area is 159 Å². The van der Waals surface area contributed by atoms with Crippen molar-refractivity contribution in [2.45, 2.75) is 37.0 Å². The fourth-order valence-electron chi connectivity index (χ4n) is 3.67. The van der Waals surface area contributed by atoms with Gasteiger partial charge in [-0.1, -0.05) is 6.42 Å². The molecule has 2 aliphatic heterocycles. The van der Waals surface area contributed by atoms with Crippen molar-refractivity contribution >= 4 is 15.9 Å². The summed E-state index contributed by atoms with van der Waals surface area (Å²) >= 11 is 0. The number of piperidine rings is 1. The number of hydrogen-bond donors (Lipinski definition) is 0. The van der Waals surface area contributed by atoms with Crippen molar-refractivity contribution < 1.29 is 12.8 Å². The smallest absolute Gasteiger partial charge is 0.243 e. The van der Waals surface area contributed by atoms with Crippen LogP contribution in [0.2, 0.25) is 0 Å². The van der Waals surface area contributed by atoms with Crippen molar-refractivity contribution in [3.63, 3.8) is 0 Å². The van der Waals surface area contributed by atoms with Gasteiger partial charge in [-0.3, -0.25) is 0 Å². The van der Waals surface area contributed by atoms with Crippen LogP contribution in [0, 0.1) is 11.3 Å². The van der Waals surface area contributed by atoms with Crippen LogP contribution in [0.15, 0.2) is 33.6 Å². The molecule has 0 unspecified atom stereocenters. The zero-order valence-corrected chi connectivity index (χ0v) is 15.9. The van der Waals surface area contributed by atoms with E-state index in [-0.39, 0.29) is 10.6 Å². The number of oxazole rings is 1. The molecule has 0 saturated carbocycles. The van der Waals surface area contributed by atoms with E-state index in [2.05, 4.69) is 11.1 Å². The van der Waals surface area contributed by atoms with Crippen molar-refractivity contribution in [3.8, 4) is 17.5 Å². The molecule has 4 rings (SSSR count). The van der Waals surface area contributed by atoms with Gasteiger partial charge in [0.2, 0.25) is 27.5 Å². The second-order valence-corrected chi connectivity index (χ2v) is 8.91. The minimum atomic E-state index is -3.46. The molecule has 2 aromatic rings. The third-order valence-corrected chi connectivity index (χ3v) is 7.08. The molecule has 142 valence electrons. The second-order valence-electron chi connectivity index (χ2n) is 6.97. The van der Waals surface area contributed by atoms with Crippen LogP contribution in [0.3, 0.4) is 0 Å². The second kappa shape index (κ2) is 7.33. The maximum absolute atomic E-state index is 12.8. The molecule has 3 heterocycles. The SMILES string of the molecule is N#Cc1nc(-c2ccc(S(=O)(=O)N3CCCCC3)cc2)oc1N1CCCC1. The van der Waals surface area contributed by atoms with Crippen molar-refractivity contribution in [2.24, 2.45) is 0 Å². The average Bonchev–Trinajstić information content (AvgIpc) is 3.38. The fraction of sp³-hybridized carbons (Fsp3) is 0.474. The Balaban J connectivity index is 1.60. The Bertz CT molecular complexity index is 948. The van der Waals surface area contributed by atoms with Gasteiger partial charge in [-0.2, -0.15) is 14.6 Å². The van der Waals surface area contributed by atoms with E-state index in [1.165, 1.54) is 0 Å². The number of benzene rings is 1. The van der Waals surface area contributed by atoms with Crippen molar-refractivity contribution in [1.82, 2.24) is 9.29 Å². The van der Waals surface area contributed by atoms with Gasteiger partial charge in [0.15, 0.2) is 0 Å².